The monoisotopic (exact) mass is 368 g/mol. The summed E-state index contributed by atoms with van der Waals surface area (Å²) in [5.74, 6) is -0.0188. The molecule has 0 amide bonds. The molecule has 0 heterocycles. The van der Waals surface area contributed by atoms with E-state index in [0.29, 0.717) is 23.7 Å². The molecule has 0 bridgehead atoms. The Morgan fingerprint density at radius 2 is 1.74 bits per heavy atom. The zero-order valence-electron chi connectivity index (χ0n) is 17.0. The average molecular weight is 368 g/mol. The molecule has 0 aromatic heterocycles. The highest BCUT2D eigenvalue weighted by molar-refractivity contribution is 5.74. The van der Waals surface area contributed by atoms with E-state index in [1.807, 2.05) is 19.1 Å². The predicted molar refractivity (Wildman–Crippen MR) is 108 cm³/mol. The van der Waals surface area contributed by atoms with Crippen molar-refractivity contribution in [2.45, 2.75) is 65.7 Å². The van der Waals surface area contributed by atoms with Crippen LogP contribution in [0.3, 0.4) is 0 Å². The molecular weight excluding hydrogens is 339 g/mol. The van der Waals surface area contributed by atoms with Crippen LogP contribution in [0.2, 0.25) is 0 Å². The first-order chi connectivity index (χ1) is 12.8. The van der Waals surface area contributed by atoms with E-state index in [1.54, 1.807) is 13.8 Å². The fourth-order valence-corrected chi connectivity index (χ4v) is 3.98. The van der Waals surface area contributed by atoms with Gasteiger partial charge in [-0.25, -0.2) is 4.39 Å². The maximum atomic E-state index is 14.8. The van der Waals surface area contributed by atoms with E-state index in [2.05, 4.69) is 26.0 Å². The molecule has 0 unspecified atom stereocenters. The normalized spacial score (nSPS) is 14.9. The number of halogens is 1. The Morgan fingerprint density at radius 3 is 2.30 bits per heavy atom. The molecular formula is C24H29FO2. The van der Waals surface area contributed by atoms with Crippen LogP contribution in [0.1, 0.15) is 72.8 Å². The van der Waals surface area contributed by atoms with Crippen molar-refractivity contribution in [1.29, 1.82) is 0 Å². The van der Waals surface area contributed by atoms with Gasteiger partial charge < -0.3 is 4.74 Å². The molecule has 2 aromatic rings. The van der Waals surface area contributed by atoms with Crippen molar-refractivity contribution >= 4 is 5.97 Å². The fraction of sp³-hybridized carbons (Fsp3) is 0.458. The zero-order valence-corrected chi connectivity index (χ0v) is 17.0. The number of hydrogen-bond donors (Lipinski definition) is 0. The van der Waals surface area contributed by atoms with Gasteiger partial charge in [-0.3, -0.25) is 4.79 Å². The summed E-state index contributed by atoms with van der Waals surface area (Å²) in [5.41, 5.74) is 7.28. The van der Waals surface area contributed by atoms with Crippen LogP contribution in [-0.4, -0.2) is 12.6 Å². The second kappa shape index (κ2) is 7.84. The number of aryl methyl sites for hydroxylation is 3. The van der Waals surface area contributed by atoms with Crippen LogP contribution >= 0.6 is 0 Å². The smallest absolute Gasteiger partial charge is 0.306 e. The van der Waals surface area contributed by atoms with Crippen molar-refractivity contribution in [2.24, 2.45) is 0 Å². The lowest BCUT2D eigenvalue weighted by atomic mass is 9.87. The first-order valence-corrected chi connectivity index (χ1v) is 9.89. The molecule has 1 fully saturated rings. The average Bonchev–Trinajstić information content (AvgIpc) is 3.42. The molecule has 3 heteroatoms. The first-order valence-electron chi connectivity index (χ1n) is 9.89. The number of rotatable bonds is 6. The zero-order chi connectivity index (χ0) is 19.7. The van der Waals surface area contributed by atoms with E-state index in [9.17, 15) is 9.18 Å². The molecule has 3 rings (SSSR count). The molecule has 144 valence electrons. The molecule has 0 radical (unpaired) electrons. The highest BCUT2D eigenvalue weighted by Gasteiger charge is 2.25. The third-order valence-electron chi connectivity index (χ3n) is 5.48. The minimum Gasteiger partial charge on any atom is -0.466 e. The Bertz CT molecular complexity index is 842. The van der Waals surface area contributed by atoms with E-state index in [-0.39, 0.29) is 24.1 Å². The summed E-state index contributed by atoms with van der Waals surface area (Å²) in [5, 5.41) is 0. The second-order valence-electron chi connectivity index (χ2n) is 7.91. The molecule has 2 aromatic carbocycles. The Hall–Kier alpha value is -2.16. The second-order valence-corrected chi connectivity index (χ2v) is 7.91. The van der Waals surface area contributed by atoms with Gasteiger partial charge >= 0.3 is 5.97 Å². The number of ether oxygens (including phenoxy) is 1. The molecule has 1 saturated carbocycles. The predicted octanol–water partition coefficient (Wildman–Crippen LogP) is 6.35. The van der Waals surface area contributed by atoms with Crippen LogP contribution in [0.25, 0.3) is 11.1 Å². The van der Waals surface area contributed by atoms with E-state index in [0.717, 1.165) is 5.56 Å². The topological polar surface area (TPSA) is 26.3 Å². The lowest BCUT2D eigenvalue weighted by Crippen LogP contribution is -2.10. The van der Waals surface area contributed by atoms with E-state index in [1.165, 1.54) is 35.1 Å². The Morgan fingerprint density at radius 1 is 1.11 bits per heavy atom. The van der Waals surface area contributed by atoms with Gasteiger partial charge in [-0.15, -0.1) is 0 Å². The summed E-state index contributed by atoms with van der Waals surface area (Å²) in [7, 11) is 0. The van der Waals surface area contributed by atoms with Crippen LogP contribution in [-0.2, 0) is 9.53 Å². The molecule has 27 heavy (non-hydrogen) atoms. The number of hydrogen-bond acceptors (Lipinski definition) is 2. The summed E-state index contributed by atoms with van der Waals surface area (Å²) < 4.78 is 19.8. The van der Waals surface area contributed by atoms with Crippen molar-refractivity contribution < 1.29 is 13.9 Å². The van der Waals surface area contributed by atoms with Crippen molar-refractivity contribution in [3.05, 3.63) is 57.9 Å². The minimum atomic E-state index is -0.284. The quantitative estimate of drug-likeness (QED) is 0.555. The van der Waals surface area contributed by atoms with Gasteiger partial charge in [0.25, 0.3) is 0 Å². The largest absolute Gasteiger partial charge is 0.466 e. The SMILES string of the molecule is CCOC(=O)C[C@H](C)c1cc(-c2c(C)cc(C3CC3)cc2C)cc(C)c1F. The van der Waals surface area contributed by atoms with Crippen molar-refractivity contribution in [1.82, 2.24) is 0 Å². The van der Waals surface area contributed by atoms with Gasteiger partial charge in [-0.05, 0) is 103 Å². The molecule has 1 aliphatic carbocycles. The molecule has 2 nitrogen and oxygen atoms in total. The number of esters is 1. The number of carbonyl (C=O) groups is 1. The lowest BCUT2D eigenvalue weighted by Gasteiger charge is -2.18. The summed E-state index contributed by atoms with van der Waals surface area (Å²) in [6.07, 6.45) is 2.75. The van der Waals surface area contributed by atoms with E-state index >= 15 is 0 Å². The van der Waals surface area contributed by atoms with Crippen LogP contribution in [0, 0.1) is 26.6 Å². The van der Waals surface area contributed by atoms with E-state index < -0.39 is 0 Å². The van der Waals surface area contributed by atoms with Gasteiger partial charge in [0, 0.05) is 0 Å². The van der Waals surface area contributed by atoms with Gasteiger partial charge in [-0.2, -0.15) is 0 Å². The van der Waals surface area contributed by atoms with Crippen LogP contribution < -0.4 is 0 Å². The van der Waals surface area contributed by atoms with Gasteiger partial charge in [0.15, 0.2) is 0 Å². The van der Waals surface area contributed by atoms with E-state index in [4.69, 9.17) is 4.74 Å². The first kappa shape index (κ1) is 19.6. The van der Waals surface area contributed by atoms with Crippen molar-refractivity contribution in [3.63, 3.8) is 0 Å². The Balaban J connectivity index is 2.00. The summed E-state index contributed by atoms with van der Waals surface area (Å²) >= 11 is 0. The molecule has 0 saturated heterocycles. The van der Waals surface area contributed by atoms with Gasteiger partial charge in [0.2, 0.25) is 0 Å². The molecule has 0 spiro atoms. The fourth-order valence-electron chi connectivity index (χ4n) is 3.98. The van der Waals surface area contributed by atoms with Gasteiger partial charge in [-0.1, -0.05) is 19.1 Å². The van der Waals surface area contributed by atoms with Gasteiger partial charge in [0.1, 0.15) is 5.82 Å². The third-order valence-corrected chi connectivity index (χ3v) is 5.48. The summed E-state index contributed by atoms with van der Waals surface area (Å²) in [6.45, 7) is 10.1. The lowest BCUT2D eigenvalue weighted by molar-refractivity contribution is -0.143. The molecule has 0 N–H and O–H groups in total. The number of carbonyl (C=O) groups excluding carboxylic acids is 1. The van der Waals surface area contributed by atoms with Crippen molar-refractivity contribution in [3.8, 4) is 11.1 Å². The van der Waals surface area contributed by atoms with Crippen molar-refractivity contribution in [2.75, 3.05) is 6.61 Å². The number of benzene rings is 2. The Labute approximate surface area is 161 Å². The highest BCUT2D eigenvalue weighted by Crippen LogP contribution is 2.43. The Kier molecular flexibility index (Phi) is 5.69. The van der Waals surface area contributed by atoms with Crippen LogP contribution in [0.15, 0.2) is 24.3 Å². The minimum absolute atomic E-state index is 0.187. The van der Waals surface area contributed by atoms with Crippen LogP contribution in [0.4, 0.5) is 4.39 Å². The highest BCUT2D eigenvalue weighted by atomic mass is 19.1. The maximum Gasteiger partial charge on any atom is 0.306 e. The maximum absolute atomic E-state index is 14.8. The molecule has 0 aliphatic heterocycles. The van der Waals surface area contributed by atoms with Crippen LogP contribution in [0.5, 0.6) is 0 Å². The summed E-state index contributed by atoms with van der Waals surface area (Å²) in [4.78, 5) is 11.8. The van der Waals surface area contributed by atoms with Gasteiger partial charge in [0.05, 0.1) is 13.0 Å². The molecule has 1 atom stereocenters. The summed E-state index contributed by atoms with van der Waals surface area (Å²) in [6, 6.07) is 8.39. The third kappa shape index (κ3) is 4.23. The standard InChI is InChI=1S/C24H29FO2/c1-6-27-22(26)12-14(2)21-13-20(11-17(5)24(21)25)23-15(3)9-19(10-16(23)4)18-7-8-18/h9-11,13-14,18H,6-8,12H2,1-5H3/t14-/m0/s1. The molecule has 1 aliphatic rings.